The maximum absolute atomic E-state index is 13.1. The van der Waals surface area contributed by atoms with Crippen LogP contribution in [0.15, 0.2) is 24.3 Å². The van der Waals surface area contributed by atoms with Crippen LogP contribution in [0.4, 0.5) is 4.39 Å². The maximum atomic E-state index is 13.1. The lowest BCUT2D eigenvalue weighted by Gasteiger charge is -2.16. The first-order valence-electron chi connectivity index (χ1n) is 7.07. The number of benzene rings is 1. The third kappa shape index (κ3) is 6.15. The van der Waals surface area contributed by atoms with E-state index in [1.165, 1.54) is 12.1 Å². The minimum atomic E-state index is -0.516. The van der Waals surface area contributed by atoms with Gasteiger partial charge in [0.05, 0.1) is 6.10 Å². The smallest absolute Gasteiger partial charge is 0.220 e. The summed E-state index contributed by atoms with van der Waals surface area (Å²) in [5.74, 6) is -0.0687. The Hall–Kier alpha value is -1.42. The van der Waals surface area contributed by atoms with E-state index >= 15 is 0 Å². The van der Waals surface area contributed by atoms with Crippen molar-refractivity contribution in [1.29, 1.82) is 0 Å². The van der Waals surface area contributed by atoms with Crippen molar-refractivity contribution in [3.63, 3.8) is 0 Å². The van der Waals surface area contributed by atoms with E-state index in [-0.39, 0.29) is 30.1 Å². The summed E-state index contributed by atoms with van der Waals surface area (Å²) in [5.41, 5.74) is 0.896. The van der Waals surface area contributed by atoms with Gasteiger partial charge in [-0.05, 0) is 36.0 Å². The van der Waals surface area contributed by atoms with E-state index in [1.807, 2.05) is 26.8 Å². The Bertz CT molecular complexity index is 434. The normalized spacial score (nSPS) is 14.1. The van der Waals surface area contributed by atoms with Gasteiger partial charge in [0.2, 0.25) is 5.91 Å². The summed E-state index contributed by atoms with van der Waals surface area (Å²) in [5, 5.41) is 12.3. The van der Waals surface area contributed by atoms with Crippen molar-refractivity contribution in [2.75, 3.05) is 6.54 Å². The predicted molar refractivity (Wildman–Crippen MR) is 77.7 cm³/mol. The summed E-state index contributed by atoms with van der Waals surface area (Å²) in [6.07, 6.45) is 0.525. The van der Waals surface area contributed by atoms with Crippen molar-refractivity contribution in [1.82, 2.24) is 5.32 Å². The molecule has 2 unspecified atom stereocenters. The maximum Gasteiger partial charge on any atom is 0.220 e. The molecule has 0 aromatic heterocycles. The highest BCUT2D eigenvalue weighted by Crippen LogP contribution is 2.13. The van der Waals surface area contributed by atoms with Crippen LogP contribution in [0.3, 0.4) is 0 Å². The standard InChI is InChI=1S/C16H24FNO2/c1-11(2)15(19)10-18-16(20)8-12(3)7-13-5-4-6-14(17)9-13/h4-6,9,11-12,15,19H,7-8,10H2,1-3H3,(H,18,20). The molecule has 1 rings (SSSR count). The number of halogens is 1. The van der Waals surface area contributed by atoms with Gasteiger partial charge in [-0.2, -0.15) is 0 Å². The van der Waals surface area contributed by atoms with Gasteiger partial charge in [-0.3, -0.25) is 4.79 Å². The molecule has 2 atom stereocenters. The molecule has 1 aromatic carbocycles. The van der Waals surface area contributed by atoms with Crippen LogP contribution in [0.1, 0.15) is 32.8 Å². The quantitative estimate of drug-likeness (QED) is 0.807. The Labute approximate surface area is 120 Å². The molecule has 0 aliphatic heterocycles. The zero-order valence-electron chi connectivity index (χ0n) is 12.4. The van der Waals surface area contributed by atoms with Gasteiger partial charge < -0.3 is 10.4 Å². The zero-order valence-corrected chi connectivity index (χ0v) is 12.4. The SMILES string of the molecule is CC(CC(=O)NCC(O)C(C)C)Cc1cccc(F)c1. The van der Waals surface area contributed by atoms with Gasteiger partial charge >= 0.3 is 0 Å². The summed E-state index contributed by atoms with van der Waals surface area (Å²) >= 11 is 0. The summed E-state index contributed by atoms with van der Waals surface area (Å²) < 4.78 is 13.1. The fourth-order valence-corrected chi connectivity index (χ4v) is 1.98. The second kappa shape index (κ2) is 8.00. The van der Waals surface area contributed by atoms with E-state index in [4.69, 9.17) is 0 Å². The summed E-state index contributed by atoms with van der Waals surface area (Å²) in [4.78, 5) is 11.7. The minimum Gasteiger partial charge on any atom is -0.391 e. The molecule has 0 heterocycles. The van der Waals surface area contributed by atoms with Gasteiger partial charge in [-0.15, -0.1) is 0 Å². The molecule has 0 fully saturated rings. The Balaban J connectivity index is 2.35. The van der Waals surface area contributed by atoms with E-state index in [2.05, 4.69) is 5.32 Å². The number of amides is 1. The van der Waals surface area contributed by atoms with Crippen molar-refractivity contribution in [2.45, 2.75) is 39.7 Å². The molecule has 0 bridgehead atoms. The molecule has 0 aliphatic rings. The molecule has 20 heavy (non-hydrogen) atoms. The van der Waals surface area contributed by atoms with Gasteiger partial charge in [-0.1, -0.05) is 32.9 Å². The number of carbonyl (C=O) groups excluding carboxylic acids is 1. The number of hydrogen-bond acceptors (Lipinski definition) is 2. The Morgan fingerprint density at radius 2 is 2.05 bits per heavy atom. The highest BCUT2D eigenvalue weighted by atomic mass is 19.1. The first-order chi connectivity index (χ1) is 9.38. The Morgan fingerprint density at radius 1 is 1.35 bits per heavy atom. The van der Waals surface area contributed by atoms with Crippen LogP contribution in [-0.4, -0.2) is 23.7 Å². The minimum absolute atomic E-state index is 0.0754. The highest BCUT2D eigenvalue weighted by Gasteiger charge is 2.13. The molecule has 112 valence electrons. The molecule has 0 radical (unpaired) electrons. The number of hydrogen-bond donors (Lipinski definition) is 2. The third-order valence-corrected chi connectivity index (χ3v) is 3.28. The number of nitrogens with one attached hydrogen (secondary N) is 1. The van der Waals surface area contributed by atoms with Gasteiger partial charge in [-0.25, -0.2) is 4.39 Å². The zero-order chi connectivity index (χ0) is 15.1. The van der Waals surface area contributed by atoms with Gasteiger partial charge in [0, 0.05) is 13.0 Å². The van der Waals surface area contributed by atoms with Crippen molar-refractivity contribution in [2.24, 2.45) is 11.8 Å². The molecule has 2 N–H and O–H groups in total. The monoisotopic (exact) mass is 281 g/mol. The van der Waals surface area contributed by atoms with Crippen LogP contribution in [0.5, 0.6) is 0 Å². The van der Waals surface area contributed by atoms with Crippen LogP contribution in [0, 0.1) is 17.7 Å². The van der Waals surface area contributed by atoms with Gasteiger partial charge in [0.25, 0.3) is 0 Å². The number of rotatable bonds is 7. The van der Waals surface area contributed by atoms with Crippen LogP contribution in [-0.2, 0) is 11.2 Å². The van der Waals surface area contributed by atoms with Crippen molar-refractivity contribution < 1.29 is 14.3 Å². The molecule has 0 saturated carbocycles. The molecule has 0 saturated heterocycles. The van der Waals surface area contributed by atoms with E-state index in [0.717, 1.165) is 5.56 Å². The third-order valence-electron chi connectivity index (χ3n) is 3.28. The predicted octanol–water partition coefficient (Wildman–Crippen LogP) is 2.53. The number of carbonyl (C=O) groups is 1. The Morgan fingerprint density at radius 3 is 2.65 bits per heavy atom. The fraction of sp³-hybridized carbons (Fsp3) is 0.562. The first-order valence-corrected chi connectivity index (χ1v) is 7.07. The summed E-state index contributed by atoms with van der Waals surface area (Å²) in [6, 6.07) is 6.45. The topological polar surface area (TPSA) is 49.3 Å². The molecule has 3 nitrogen and oxygen atoms in total. The van der Waals surface area contributed by atoms with Crippen molar-refractivity contribution in [3.8, 4) is 0 Å². The van der Waals surface area contributed by atoms with E-state index in [0.29, 0.717) is 12.8 Å². The fourth-order valence-electron chi connectivity index (χ4n) is 1.98. The molecule has 1 aromatic rings. The van der Waals surface area contributed by atoms with Crippen molar-refractivity contribution in [3.05, 3.63) is 35.6 Å². The average molecular weight is 281 g/mol. The van der Waals surface area contributed by atoms with Gasteiger partial charge in [0.1, 0.15) is 5.82 Å². The lowest BCUT2D eigenvalue weighted by atomic mass is 9.97. The second-order valence-electron chi connectivity index (χ2n) is 5.76. The average Bonchev–Trinajstić information content (AvgIpc) is 2.35. The van der Waals surface area contributed by atoms with E-state index in [9.17, 15) is 14.3 Å². The molecule has 1 amide bonds. The van der Waals surface area contributed by atoms with Crippen LogP contribution in [0.25, 0.3) is 0 Å². The van der Waals surface area contributed by atoms with Crippen LogP contribution < -0.4 is 5.32 Å². The molecule has 4 heteroatoms. The van der Waals surface area contributed by atoms with Crippen molar-refractivity contribution >= 4 is 5.91 Å². The largest absolute Gasteiger partial charge is 0.391 e. The lowest BCUT2D eigenvalue weighted by molar-refractivity contribution is -0.122. The molecule has 0 aliphatic carbocycles. The number of aliphatic hydroxyl groups is 1. The number of aliphatic hydroxyl groups excluding tert-OH is 1. The molecular weight excluding hydrogens is 257 g/mol. The highest BCUT2D eigenvalue weighted by molar-refractivity contribution is 5.76. The van der Waals surface area contributed by atoms with Crippen LogP contribution in [0.2, 0.25) is 0 Å². The first kappa shape index (κ1) is 16.6. The molecule has 0 spiro atoms. The van der Waals surface area contributed by atoms with E-state index in [1.54, 1.807) is 6.07 Å². The summed E-state index contributed by atoms with van der Waals surface area (Å²) in [7, 11) is 0. The van der Waals surface area contributed by atoms with E-state index < -0.39 is 6.10 Å². The molecular formula is C16H24FNO2. The second-order valence-corrected chi connectivity index (χ2v) is 5.76. The lowest BCUT2D eigenvalue weighted by Crippen LogP contribution is -2.35. The summed E-state index contributed by atoms with van der Waals surface area (Å²) in [6.45, 7) is 6.05. The Kier molecular flexibility index (Phi) is 6.65. The van der Waals surface area contributed by atoms with Gasteiger partial charge in [0.15, 0.2) is 0 Å². The van der Waals surface area contributed by atoms with Crippen LogP contribution >= 0.6 is 0 Å².